The van der Waals surface area contributed by atoms with Crippen LogP contribution in [0.1, 0.15) is 29.9 Å². The van der Waals surface area contributed by atoms with E-state index < -0.39 is 0 Å². The highest BCUT2D eigenvalue weighted by Gasteiger charge is 2.19. The molecule has 2 N–H and O–H groups in total. The molecule has 0 aliphatic rings. The van der Waals surface area contributed by atoms with Crippen LogP contribution in [-0.4, -0.2) is 18.0 Å². The molecule has 20 heavy (non-hydrogen) atoms. The fourth-order valence-corrected chi connectivity index (χ4v) is 2.75. The maximum atomic E-state index is 6.01. The van der Waals surface area contributed by atoms with Crippen molar-refractivity contribution < 1.29 is 4.42 Å². The van der Waals surface area contributed by atoms with E-state index in [1.54, 1.807) is 6.26 Å². The van der Waals surface area contributed by atoms with E-state index >= 15 is 0 Å². The van der Waals surface area contributed by atoms with Gasteiger partial charge in [-0.15, -0.1) is 0 Å². The molecule has 0 saturated heterocycles. The van der Waals surface area contributed by atoms with Gasteiger partial charge in [0.25, 0.3) is 0 Å². The number of hydrogen-bond donors (Lipinski definition) is 1. The largest absolute Gasteiger partial charge is 0.468 e. The predicted octanol–water partition coefficient (Wildman–Crippen LogP) is 3.87. The van der Waals surface area contributed by atoms with Gasteiger partial charge >= 0.3 is 0 Å². The molecule has 0 aliphatic heterocycles. The van der Waals surface area contributed by atoms with Crippen LogP contribution in [0.5, 0.6) is 0 Å². The first-order valence-electron chi connectivity index (χ1n) is 6.88. The third kappa shape index (κ3) is 3.51. The molecule has 0 spiro atoms. The van der Waals surface area contributed by atoms with E-state index in [4.69, 9.17) is 10.2 Å². The first-order valence-corrected chi connectivity index (χ1v) is 7.67. The fraction of sp³-hybridized carbons (Fsp3) is 0.375. The highest BCUT2D eigenvalue weighted by molar-refractivity contribution is 9.10. The van der Waals surface area contributed by atoms with Crippen LogP contribution in [0.25, 0.3) is 0 Å². The molecule has 0 aliphatic carbocycles. The quantitative estimate of drug-likeness (QED) is 0.870. The second-order valence-corrected chi connectivity index (χ2v) is 5.76. The minimum atomic E-state index is 0.196. The molecule has 0 saturated carbocycles. The van der Waals surface area contributed by atoms with Crippen molar-refractivity contribution >= 4 is 15.9 Å². The number of furan rings is 1. The highest BCUT2D eigenvalue weighted by atomic mass is 79.9. The lowest BCUT2D eigenvalue weighted by Gasteiger charge is -2.29. The summed E-state index contributed by atoms with van der Waals surface area (Å²) < 4.78 is 6.57. The molecule has 0 amide bonds. The van der Waals surface area contributed by atoms with Crippen molar-refractivity contribution in [2.24, 2.45) is 5.73 Å². The molecular formula is C16H21BrN2O. The summed E-state index contributed by atoms with van der Waals surface area (Å²) in [6.07, 6.45) is 1.71. The van der Waals surface area contributed by atoms with E-state index in [-0.39, 0.29) is 6.04 Å². The van der Waals surface area contributed by atoms with E-state index in [9.17, 15) is 0 Å². The topological polar surface area (TPSA) is 42.4 Å². The summed E-state index contributed by atoms with van der Waals surface area (Å²) in [6.45, 7) is 6.52. The molecule has 1 aromatic carbocycles. The molecule has 0 radical (unpaired) electrons. The number of halogens is 1. The molecule has 1 heterocycles. The smallest absolute Gasteiger partial charge is 0.117 e. The first-order chi connectivity index (χ1) is 9.65. The Labute approximate surface area is 128 Å². The Morgan fingerprint density at radius 3 is 2.70 bits per heavy atom. The van der Waals surface area contributed by atoms with E-state index in [0.717, 1.165) is 23.3 Å². The fourth-order valence-electron chi connectivity index (χ4n) is 2.36. The minimum Gasteiger partial charge on any atom is -0.468 e. The number of benzene rings is 1. The Morgan fingerprint density at radius 2 is 2.15 bits per heavy atom. The summed E-state index contributed by atoms with van der Waals surface area (Å²) in [6, 6.07) is 10.6. The zero-order chi connectivity index (χ0) is 14.5. The van der Waals surface area contributed by atoms with Crippen LogP contribution in [-0.2, 0) is 6.54 Å². The molecule has 4 heteroatoms. The molecule has 0 fully saturated rings. The van der Waals surface area contributed by atoms with E-state index in [1.165, 1.54) is 11.1 Å². The summed E-state index contributed by atoms with van der Waals surface area (Å²) >= 11 is 3.60. The summed E-state index contributed by atoms with van der Waals surface area (Å²) in [5.74, 6) is 0.969. The maximum absolute atomic E-state index is 6.01. The van der Waals surface area contributed by atoms with Gasteiger partial charge in [0, 0.05) is 17.1 Å². The van der Waals surface area contributed by atoms with Gasteiger partial charge in [-0.25, -0.2) is 0 Å². The maximum Gasteiger partial charge on any atom is 0.117 e. The van der Waals surface area contributed by atoms with Gasteiger partial charge in [-0.2, -0.15) is 0 Å². The molecule has 3 nitrogen and oxygen atoms in total. The third-order valence-corrected chi connectivity index (χ3v) is 4.44. The summed E-state index contributed by atoms with van der Waals surface area (Å²) in [4.78, 5) is 2.33. The van der Waals surface area contributed by atoms with Crippen molar-refractivity contribution in [3.63, 3.8) is 0 Å². The predicted molar refractivity (Wildman–Crippen MR) is 85.5 cm³/mol. The second kappa shape index (κ2) is 7.07. The van der Waals surface area contributed by atoms with E-state index in [2.05, 4.69) is 52.9 Å². The molecular weight excluding hydrogens is 316 g/mol. The normalized spacial score (nSPS) is 12.8. The average Bonchev–Trinajstić information content (AvgIpc) is 2.95. The van der Waals surface area contributed by atoms with Crippen molar-refractivity contribution in [3.8, 4) is 0 Å². The van der Waals surface area contributed by atoms with Crippen LogP contribution < -0.4 is 5.73 Å². The molecule has 0 bridgehead atoms. The van der Waals surface area contributed by atoms with Gasteiger partial charge in [0.1, 0.15) is 5.76 Å². The zero-order valence-electron chi connectivity index (χ0n) is 12.0. The Balaban J connectivity index is 2.21. The van der Waals surface area contributed by atoms with Crippen molar-refractivity contribution in [1.29, 1.82) is 0 Å². The molecule has 108 valence electrons. The van der Waals surface area contributed by atoms with Gasteiger partial charge in [-0.3, -0.25) is 4.90 Å². The number of nitrogens with zero attached hydrogens (tertiary/aromatic N) is 1. The van der Waals surface area contributed by atoms with Crippen LogP contribution in [0.15, 0.2) is 45.5 Å². The molecule has 1 unspecified atom stereocenters. The van der Waals surface area contributed by atoms with Gasteiger partial charge in [-0.1, -0.05) is 35.0 Å². The van der Waals surface area contributed by atoms with Gasteiger partial charge in [-0.05, 0) is 42.8 Å². The van der Waals surface area contributed by atoms with Gasteiger partial charge in [0.15, 0.2) is 0 Å². The SMILES string of the molecule is CCN(Cc1ccco1)C(CN)c1ccc(C)c(Br)c1. The zero-order valence-corrected chi connectivity index (χ0v) is 13.6. The number of aryl methyl sites for hydroxylation is 1. The Kier molecular flexibility index (Phi) is 5.40. The Bertz CT molecular complexity index is 539. The highest BCUT2D eigenvalue weighted by Crippen LogP contribution is 2.26. The lowest BCUT2D eigenvalue weighted by molar-refractivity contribution is 0.188. The van der Waals surface area contributed by atoms with Crippen molar-refractivity contribution in [2.45, 2.75) is 26.4 Å². The minimum absolute atomic E-state index is 0.196. The lowest BCUT2D eigenvalue weighted by Crippen LogP contribution is -2.33. The number of hydrogen-bond acceptors (Lipinski definition) is 3. The molecule has 2 rings (SSSR count). The number of nitrogens with two attached hydrogens (primary N) is 1. The number of rotatable bonds is 6. The Morgan fingerprint density at radius 1 is 1.35 bits per heavy atom. The first kappa shape index (κ1) is 15.3. The van der Waals surface area contributed by atoms with Gasteiger partial charge in [0.05, 0.1) is 12.8 Å². The van der Waals surface area contributed by atoms with Crippen molar-refractivity contribution in [1.82, 2.24) is 4.90 Å². The van der Waals surface area contributed by atoms with Gasteiger partial charge in [0.2, 0.25) is 0 Å². The van der Waals surface area contributed by atoms with Crippen LogP contribution in [0.4, 0.5) is 0 Å². The van der Waals surface area contributed by atoms with Crippen LogP contribution in [0, 0.1) is 6.92 Å². The van der Waals surface area contributed by atoms with Crippen molar-refractivity contribution in [3.05, 3.63) is 58.0 Å². The summed E-state index contributed by atoms with van der Waals surface area (Å²) in [7, 11) is 0. The second-order valence-electron chi connectivity index (χ2n) is 4.90. The van der Waals surface area contributed by atoms with Crippen LogP contribution in [0.2, 0.25) is 0 Å². The molecule has 1 atom stereocenters. The number of likely N-dealkylation sites (N-methyl/N-ethyl adjacent to an activating group) is 1. The Hall–Kier alpha value is -1.10. The molecule has 1 aromatic heterocycles. The summed E-state index contributed by atoms with van der Waals surface area (Å²) in [5.41, 5.74) is 8.48. The van der Waals surface area contributed by atoms with E-state index in [1.807, 2.05) is 12.1 Å². The summed E-state index contributed by atoms with van der Waals surface area (Å²) in [5, 5.41) is 0. The van der Waals surface area contributed by atoms with Gasteiger partial charge < -0.3 is 10.2 Å². The molecule has 2 aromatic rings. The lowest BCUT2D eigenvalue weighted by atomic mass is 10.0. The standard InChI is InChI=1S/C16H21BrN2O/c1-3-19(11-14-5-4-8-20-14)16(10-18)13-7-6-12(2)15(17)9-13/h4-9,16H,3,10-11,18H2,1-2H3. The van der Waals surface area contributed by atoms with E-state index in [0.29, 0.717) is 6.54 Å². The van der Waals surface area contributed by atoms with Crippen molar-refractivity contribution in [2.75, 3.05) is 13.1 Å². The van der Waals surface area contributed by atoms with Crippen LogP contribution in [0.3, 0.4) is 0 Å². The van der Waals surface area contributed by atoms with Crippen LogP contribution >= 0.6 is 15.9 Å². The monoisotopic (exact) mass is 336 g/mol. The third-order valence-electron chi connectivity index (χ3n) is 3.59. The average molecular weight is 337 g/mol.